The summed E-state index contributed by atoms with van der Waals surface area (Å²) in [6.45, 7) is 1.91. The van der Waals surface area contributed by atoms with Gasteiger partial charge in [0, 0.05) is 17.7 Å². The van der Waals surface area contributed by atoms with E-state index >= 15 is 0 Å². The van der Waals surface area contributed by atoms with E-state index in [1.54, 1.807) is 12.4 Å². The van der Waals surface area contributed by atoms with E-state index in [0.29, 0.717) is 24.9 Å². The molecule has 118 valence electrons. The zero-order valence-corrected chi connectivity index (χ0v) is 14.4. The predicted octanol–water partition coefficient (Wildman–Crippen LogP) is 4.20. The van der Waals surface area contributed by atoms with E-state index in [0.717, 1.165) is 5.82 Å². The second kappa shape index (κ2) is 8.18. The lowest BCUT2D eigenvalue weighted by atomic mass is 9.89. The van der Waals surface area contributed by atoms with Gasteiger partial charge in [0.2, 0.25) is 0 Å². The molecular formula is C14H23N2O3PS. The first-order valence-corrected chi connectivity index (χ1v) is 10.1. The van der Waals surface area contributed by atoms with Gasteiger partial charge >= 0.3 is 6.72 Å². The van der Waals surface area contributed by atoms with Crippen LogP contribution in [0.2, 0.25) is 0 Å². The van der Waals surface area contributed by atoms with Crippen LogP contribution in [0.5, 0.6) is 5.75 Å². The molecule has 7 heteroatoms. The Balaban J connectivity index is 2.02. The summed E-state index contributed by atoms with van der Waals surface area (Å²) in [5.41, 5.74) is 0. The van der Waals surface area contributed by atoms with Gasteiger partial charge in [-0.3, -0.25) is 9.05 Å². The molecule has 0 spiro atoms. The molecular weight excluding hydrogens is 307 g/mol. The zero-order chi connectivity index (χ0) is 15.1. The van der Waals surface area contributed by atoms with Crippen molar-refractivity contribution in [2.75, 3.05) is 13.2 Å². The molecule has 0 aromatic carbocycles. The summed E-state index contributed by atoms with van der Waals surface area (Å²) >= 11 is 5.33. The fraction of sp³-hybridized carbons (Fsp3) is 0.714. The van der Waals surface area contributed by atoms with Gasteiger partial charge in [-0.25, -0.2) is 9.97 Å². The lowest BCUT2D eigenvalue weighted by molar-refractivity contribution is 0.217. The van der Waals surface area contributed by atoms with E-state index in [2.05, 4.69) is 9.97 Å². The van der Waals surface area contributed by atoms with E-state index in [9.17, 15) is 0 Å². The van der Waals surface area contributed by atoms with Crippen molar-refractivity contribution in [1.82, 2.24) is 9.97 Å². The van der Waals surface area contributed by atoms with Crippen molar-refractivity contribution in [1.29, 1.82) is 0 Å². The Hall–Kier alpha value is -0.550. The third-order valence-electron chi connectivity index (χ3n) is 3.41. The molecule has 2 rings (SSSR count). The maximum atomic E-state index is 5.68. The fourth-order valence-electron chi connectivity index (χ4n) is 2.48. The molecule has 0 unspecified atom stereocenters. The minimum atomic E-state index is -2.74. The van der Waals surface area contributed by atoms with Crippen molar-refractivity contribution < 1.29 is 13.6 Å². The lowest BCUT2D eigenvalue weighted by Crippen LogP contribution is -2.09. The molecule has 0 saturated heterocycles. The Kier molecular flexibility index (Phi) is 6.55. The van der Waals surface area contributed by atoms with Crippen LogP contribution in [0.15, 0.2) is 12.4 Å². The Morgan fingerprint density at radius 1 is 1.10 bits per heavy atom. The van der Waals surface area contributed by atoms with Gasteiger partial charge in [0.1, 0.15) is 5.82 Å². The highest BCUT2D eigenvalue weighted by Crippen LogP contribution is 2.49. The maximum absolute atomic E-state index is 5.68. The molecule has 0 N–H and O–H groups in total. The fourth-order valence-corrected chi connectivity index (χ4v) is 4.54. The van der Waals surface area contributed by atoms with Crippen LogP contribution in [-0.2, 0) is 20.9 Å². The van der Waals surface area contributed by atoms with Crippen molar-refractivity contribution in [3.8, 4) is 5.75 Å². The first-order valence-electron chi connectivity index (χ1n) is 7.57. The van der Waals surface area contributed by atoms with Crippen molar-refractivity contribution in [3.63, 3.8) is 0 Å². The van der Waals surface area contributed by atoms with Crippen LogP contribution >= 0.6 is 6.72 Å². The molecule has 0 atom stereocenters. The predicted molar refractivity (Wildman–Crippen MR) is 86.0 cm³/mol. The van der Waals surface area contributed by atoms with Crippen LogP contribution in [0.3, 0.4) is 0 Å². The molecule has 1 fully saturated rings. The summed E-state index contributed by atoms with van der Waals surface area (Å²) in [5.74, 6) is 1.90. The Labute approximate surface area is 131 Å². The third kappa shape index (κ3) is 4.99. The van der Waals surface area contributed by atoms with E-state index in [1.165, 1.54) is 32.1 Å². The second-order valence-electron chi connectivity index (χ2n) is 4.99. The second-order valence-corrected chi connectivity index (χ2v) is 7.92. The summed E-state index contributed by atoms with van der Waals surface area (Å²) in [6.07, 6.45) is 9.56. The molecule has 0 radical (unpaired) electrons. The summed E-state index contributed by atoms with van der Waals surface area (Å²) in [7, 11) is 0. The van der Waals surface area contributed by atoms with Gasteiger partial charge in [-0.2, -0.15) is 0 Å². The summed E-state index contributed by atoms with van der Waals surface area (Å²) < 4.78 is 16.6. The molecule has 5 nitrogen and oxygen atoms in total. The first-order chi connectivity index (χ1) is 10.2. The van der Waals surface area contributed by atoms with Crippen molar-refractivity contribution in [3.05, 3.63) is 18.2 Å². The van der Waals surface area contributed by atoms with Crippen LogP contribution in [0.25, 0.3) is 0 Å². The minimum absolute atomic E-state index is 0.457. The summed E-state index contributed by atoms with van der Waals surface area (Å²) in [5, 5.41) is 0. The van der Waals surface area contributed by atoms with Crippen LogP contribution < -0.4 is 4.52 Å². The Morgan fingerprint density at radius 2 is 1.67 bits per heavy atom. The average molecular weight is 330 g/mol. The zero-order valence-electron chi connectivity index (χ0n) is 12.7. The van der Waals surface area contributed by atoms with Gasteiger partial charge < -0.3 is 4.52 Å². The smallest absolute Gasteiger partial charge is 0.380 e. The van der Waals surface area contributed by atoms with Crippen molar-refractivity contribution in [2.24, 2.45) is 0 Å². The normalized spacial score (nSPS) is 16.9. The minimum Gasteiger partial charge on any atom is -0.421 e. The van der Waals surface area contributed by atoms with Crippen molar-refractivity contribution in [2.45, 2.75) is 51.9 Å². The number of hydrogen-bond donors (Lipinski definition) is 0. The maximum Gasteiger partial charge on any atom is 0.380 e. The van der Waals surface area contributed by atoms with Crippen LogP contribution in [0.4, 0.5) is 0 Å². The number of rotatable bonds is 7. The van der Waals surface area contributed by atoms with E-state index in [1.807, 2.05) is 13.8 Å². The highest BCUT2D eigenvalue weighted by molar-refractivity contribution is 8.07. The average Bonchev–Trinajstić information content (AvgIpc) is 2.49. The summed E-state index contributed by atoms with van der Waals surface area (Å²) in [6, 6.07) is 0. The van der Waals surface area contributed by atoms with Gasteiger partial charge in [-0.1, -0.05) is 19.3 Å². The van der Waals surface area contributed by atoms with Crippen molar-refractivity contribution >= 4 is 18.5 Å². The lowest BCUT2D eigenvalue weighted by Gasteiger charge is -2.22. The molecule has 1 heterocycles. The van der Waals surface area contributed by atoms with Gasteiger partial charge in [0.05, 0.1) is 25.6 Å². The van der Waals surface area contributed by atoms with Gasteiger partial charge in [-0.05, 0) is 26.7 Å². The largest absolute Gasteiger partial charge is 0.421 e. The topological polar surface area (TPSA) is 53.5 Å². The molecule has 0 amide bonds. The van der Waals surface area contributed by atoms with Gasteiger partial charge in [0.25, 0.3) is 0 Å². The molecule has 1 aliphatic rings. The van der Waals surface area contributed by atoms with Crippen LogP contribution in [0.1, 0.15) is 57.7 Å². The molecule has 1 saturated carbocycles. The van der Waals surface area contributed by atoms with E-state index in [4.69, 9.17) is 25.4 Å². The monoisotopic (exact) mass is 330 g/mol. The number of nitrogens with zero attached hydrogens (tertiary/aromatic N) is 2. The quantitative estimate of drug-likeness (QED) is 0.698. The number of hydrogen-bond acceptors (Lipinski definition) is 6. The molecule has 1 aromatic rings. The van der Waals surface area contributed by atoms with E-state index < -0.39 is 6.72 Å². The number of aromatic nitrogens is 2. The molecule has 0 bridgehead atoms. The Morgan fingerprint density at radius 3 is 2.19 bits per heavy atom. The molecule has 0 aliphatic heterocycles. The van der Waals surface area contributed by atoms with Gasteiger partial charge in [0.15, 0.2) is 5.75 Å². The highest BCUT2D eigenvalue weighted by Gasteiger charge is 2.22. The van der Waals surface area contributed by atoms with E-state index in [-0.39, 0.29) is 0 Å². The summed E-state index contributed by atoms with van der Waals surface area (Å²) in [4.78, 5) is 8.86. The molecule has 21 heavy (non-hydrogen) atoms. The molecule has 1 aliphatic carbocycles. The van der Waals surface area contributed by atoms with Crippen LogP contribution in [0, 0.1) is 0 Å². The van der Waals surface area contributed by atoms with Gasteiger partial charge in [-0.15, -0.1) is 0 Å². The SMILES string of the molecule is CCOP(=S)(OCC)Oc1cnc(C2CCCCC2)nc1. The molecule has 1 aromatic heterocycles. The third-order valence-corrected chi connectivity index (χ3v) is 5.85. The Bertz CT molecular complexity index is 468. The first kappa shape index (κ1) is 16.8. The van der Waals surface area contributed by atoms with Crippen LogP contribution in [-0.4, -0.2) is 23.2 Å². The standard InChI is InChI=1S/C14H23N2O3PS/c1-3-17-20(21,18-4-2)19-13-10-15-14(16-11-13)12-8-6-5-7-9-12/h10-12H,3-9H2,1-2H3. The highest BCUT2D eigenvalue weighted by atomic mass is 32.5.